The van der Waals surface area contributed by atoms with Crippen LogP contribution in [-0.2, 0) is 30.1 Å². The summed E-state index contributed by atoms with van der Waals surface area (Å²) < 4.78 is 47.5. The van der Waals surface area contributed by atoms with Gasteiger partial charge < -0.3 is 15.0 Å². The quantitative estimate of drug-likeness (QED) is 0.163. The molecule has 1 saturated carbocycles. The Kier molecular flexibility index (Phi) is 13.0. The topological polar surface area (TPSA) is 151 Å². The minimum Gasteiger partial charge on any atom is -0.378 e. The number of pyridine rings is 1. The first-order chi connectivity index (χ1) is 27.0. The molecule has 4 aliphatic rings. The Balaban J connectivity index is 0.928. The number of ether oxygens (including phenoxy) is 1. The van der Waals surface area contributed by atoms with Crippen LogP contribution >= 0.6 is 12.6 Å². The molecule has 4 amide bonds. The molecular weight excluding hydrogens is 762 g/mol. The Morgan fingerprint density at radius 3 is 2.42 bits per heavy atom. The number of nitrogens with zero attached hydrogens (tertiary/aromatic N) is 6. The molecule has 4 atom stereocenters. The summed E-state index contributed by atoms with van der Waals surface area (Å²) in [4.78, 5) is 62.7. The minimum atomic E-state index is -4.74. The lowest BCUT2D eigenvalue weighted by Gasteiger charge is -2.44. The van der Waals surface area contributed by atoms with Crippen molar-refractivity contribution in [1.29, 1.82) is 5.26 Å². The molecule has 6 rings (SSSR count). The second kappa shape index (κ2) is 17.4. The lowest BCUT2D eigenvalue weighted by Crippen LogP contribution is -2.58. The lowest BCUT2D eigenvalue weighted by molar-refractivity contribution is -0.138. The smallest absolute Gasteiger partial charge is 0.378 e. The number of imide groups is 1. The van der Waals surface area contributed by atoms with Crippen LogP contribution in [0.1, 0.15) is 95.2 Å². The Hall–Kier alpha value is -4.08. The highest BCUT2D eigenvalue weighted by molar-refractivity contribution is 7.81. The van der Waals surface area contributed by atoms with E-state index in [4.69, 9.17) is 17.4 Å². The molecule has 0 spiro atoms. The van der Waals surface area contributed by atoms with Crippen LogP contribution in [0, 0.1) is 11.3 Å². The van der Waals surface area contributed by atoms with Crippen LogP contribution in [0.25, 0.3) is 0 Å². The van der Waals surface area contributed by atoms with Gasteiger partial charge in [-0.1, -0.05) is 0 Å². The number of carbonyl (C=O) groups excluding carboxylic acids is 4. The van der Waals surface area contributed by atoms with E-state index in [0.29, 0.717) is 24.4 Å². The van der Waals surface area contributed by atoms with Gasteiger partial charge in [0.15, 0.2) is 0 Å². The molecule has 2 aromatic rings. The number of hydrogen-bond acceptors (Lipinski definition) is 11. The molecule has 3 saturated heterocycles. The van der Waals surface area contributed by atoms with E-state index in [9.17, 15) is 37.6 Å². The molecule has 13 nitrogen and oxygen atoms in total. The van der Waals surface area contributed by atoms with Crippen LogP contribution < -0.4 is 15.5 Å². The van der Waals surface area contributed by atoms with Crippen molar-refractivity contribution in [3.05, 3.63) is 53.2 Å². The first kappa shape index (κ1) is 42.5. The van der Waals surface area contributed by atoms with Crippen molar-refractivity contribution in [2.24, 2.45) is 0 Å². The van der Waals surface area contributed by atoms with Crippen molar-refractivity contribution in [1.82, 2.24) is 25.0 Å². The third-order valence-electron chi connectivity index (χ3n) is 11.8. The maximum Gasteiger partial charge on any atom is 0.417 e. The minimum absolute atomic E-state index is 0.0163. The number of amides is 4. The molecule has 2 unspecified atom stereocenters. The Bertz CT molecular complexity index is 1870. The van der Waals surface area contributed by atoms with Crippen LogP contribution in [0.4, 0.5) is 24.7 Å². The SMILES string of the molecule is C[C@@H]1CN(CCCOC2CCC(N3C(S)N(c4ccc(C#N)c(C(F)(F)F)c4)C(=O)C3(C)C)CC2)C[C@H](C)N1CC(=O)Nc1cc(C2CCC(=O)NC2=O)ccn1. The lowest BCUT2D eigenvalue weighted by atomic mass is 9.89. The number of anilines is 2. The molecule has 3 aliphatic heterocycles. The summed E-state index contributed by atoms with van der Waals surface area (Å²) in [5.41, 5.74) is -2.59. The standard InChI is InChI=1S/C40H51F3N8O5S/c1-24-21-48(22-25(2)49(24)23-35(53)46-33-18-26(14-15-45-33)31-12-13-34(52)47-36(31)54)16-5-17-56-30-10-8-28(9-11-30)51-38(57)50(37(55)39(51,3)4)29-7-6-27(20-44)32(19-29)40(41,42)43/h6-7,14-15,18-19,24-25,28,30-31,38,57H,5,8-13,16-17,21-23H2,1-4H3,(H,45,46,53)(H,47,52,54)/t24-,25+,28?,30?,31?,38?. The zero-order valence-electron chi connectivity index (χ0n) is 32.7. The normalized spacial score (nSPS) is 27.6. The largest absolute Gasteiger partial charge is 0.417 e. The van der Waals surface area contributed by atoms with E-state index in [1.54, 1.807) is 38.2 Å². The molecule has 57 heavy (non-hydrogen) atoms. The molecule has 308 valence electrons. The number of halogens is 3. The highest BCUT2D eigenvalue weighted by atomic mass is 32.1. The number of carbonyl (C=O) groups is 4. The zero-order valence-corrected chi connectivity index (χ0v) is 33.6. The summed E-state index contributed by atoms with van der Waals surface area (Å²) in [6, 6.07) is 8.59. The maximum atomic E-state index is 13.7. The monoisotopic (exact) mass is 812 g/mol. The average molecular weight is 813 g/mol. The van der Waals surface area contributed by atoms with Gasteiger partial charge in [0.05, 0.1) is 41.3 Å². The predicted molar refractivity (Wildman–Crippen MR) is 209 cm³/mol. The molecule has 17 heteroatoms. The van der Waals surface area contributed by atoms with Gasteiger partial charge in [0.25, 0.3) is 0 Å². The molecular formula is C40H51F3N8O5S. The van der Waals surface area contributed by atoms with E-state index in [-0.39, 0.29) is 66.5 Å². The van der Waals surface area contributed by atoms with Gasteiger partial charge in [0.2, 0.25) is 23.6 Å². The number of benzene rings is 1. The van der Waals surface area contributed by atoms with Gasteiger partial charge in [0, 0.05) is 62.7 Å². The third kappa shape index (κ3) is 9.46. The number of piperazine rings is 1. The fraction of sp³-hybridized carbons (Fsp3) is 0.600. The molecule has 0 bridgehead atoms. The van der Waals surface area contributed by atoms with Crippen LogP contribution in [0.5, 0.6) is 0 Å². The van der Waals surface area contributed by atoms with E-state index in [1.807, 2.05) is 4.90 Å². The number of aromatic nitrogens is 1. The van der Waals surface area contributed by atoms with E-state index in [0.717, 1.165) is 63.9 Å². The summed E-state index contributed by atoms with van der Waals surface area (Å²) in [6.07, 6.45) is 1.48. The fourth-order valence-electron chi connectivity index (χ4n) is 8.91. The van der Waals surface area contributed by atoms with Crippen LogP contribution in [-0.4, -0.2) is 111 Å². The summed E-state index contributed by atoms with van der Waals surface area (Å²) in [5, 5.41) is 14.5. The molecule has 1 aromatic carbocycles. The number of rotatable bonds is 11. The first-order valence-corrected chi connectivity index (χ1v) is 20.1. The van der Waals surface area contributed by atoms with E-state index < -0.39 is 34.3 Å². The third-order valence-corrected chi connectivity index (χ3v) is 12.3. The maximum absolute atomic E-state index is 13.7. The van der Waals surface area contributed by atoms with Gasteiger partial charge in [-0.25, -0.2) is 4.98 Å². The molecule has 1 aliphatic carbocycles. The average Bonchev–Trinajstić information content (AvgIpc) is 3.33. The second-order valence-electron chi connectivity index (χ2n) is 16.1. The van der Waals surface area contributed by atoms with Gasteiger partial charge in [-0.2, -0.15) is 18.4 Å². The Labute approximate surface area is 336 Å². The molecule has 4 fully saturated rings. The van der Waals surface area contributed by atoms with E-state index in [1.165, 1.54) is 11.0 Å². The molecule has 2 N–H and O–H groups in total. The van der Waals surface area contributed by atoms with Crippen molar-refractivity contribution in [2.75, 3.05) is 43.0 Å². The Morgan fingerprint density at radius 2 is 1.77 bits per heavy atom. The van der Waals surface area contributed by atoms with Crippen LogP contribution in [0.3, 0.4) is 0 Å². The summed E-state index contributed by atoms with van der Waals surface area (Å²) in [6.45, 7) is 11.0. The van der Waals surface area contributed by atoms with E-state index in [2.05, 4.69) is 39.3 Å². The number of nitriles is 1. The zero-order chi connectivity index (χ0) is 41.2. The van der Waals surface area contributed by atoms with Crippen molar-refractivity contribution in [3.8, 4) is 6.07 Å². The van der Waals surface area contributed by atoms with Crippen molar-refractivity contribution >= 4 is 47.8 Å². The highest BCUT2D eigenvalue weighted by Crippen LogP contribution is 2.43. The summed E-state index contributed by atoms with van der Waals surface area (Å²) >= 11 is 4.76. The Morgan fingerprint density at radius 1 is 1.07 bits per heavy atom. The number of hydrogen-bond donors (Lipinski definition) is 3. The van der Waals surface area contributed by atoms with Crippen molar-refractivity contribution in [2.45, 2.75) is 120 Å². The molecule has 0 radical (unpaired) electrons. The summed E-state index contributed by atoms with van der Waals surface area (Å²) in [5.74, 6) is -1.25. The van der Waals surface area contributed by atoms with Crippen LogP contribution in [0.15, 0.2) is 36.5 Å². The van der Waals surface area contributed by atoms with Gasteiger partial charge in [-0.05, 0) is 102 Å². The highest BCUT2D eigenvalue weighted by Gasteiger charge is 2.54. The number of alkyl halides is 3. The second-order valence-corrected chi connectivity index (χ2v) is 16.6. The molecule has 1 aromatic heterocycles. The van der Waals surface area contributed by atoms with Gasteiger partial charge in [0.1, 0.15) is 11.3 Å². The number of thiol groups is 1. The first-order valence-electron chi connectivity index (χ1n) is 19.6. The van der Waals surface area contributed by atoms with Gasteiger partial charge in [-0.3, -0.25) is 39.2 Å². The van der Waals surface area contributed by atoms with Crippen LogP contribution in [0.2, 0.25) is 0 Å². The fourth-order valence-corrected chi connectivity index (χ4v) is 9.63. The number of nitrogens with one attached hydrogen (secondary N) is 2. The predicted octanol–water partition coefficient (Wildman–Crippen LogP) is 4.88. The molecule has 4 heterocycles. The van der Waals surface area contributed by atoms with Crippen molar-refractivity contribution < 1.29 is 37.1 Å². The van der Waals surface area contributed by atoms with E-state index >= 15 is 0 Å². The van der Waals surface area contributed by atoms with Gasteiger partial charge >= 0.3 is 6.18 Å². The number of piperidine rings is 1. The van der Waals surface area contributed by atoms with Gasteiger partial charge in [-0.15, -0.1) is 12.6 Å². The summed E-state index contributed by atoms with van der Waals surface area (Å²) in [7, 11) is 0. The van der Waals surface area contributed by atoms with Crippen molar-refractivity contribution in [3.63, 3.8) is 0 Å².